The third-order valence-electron chi connectivity index (χ3n) is 5.68. The first-order valence-corrected chi connectivity index (χ1v) is 12.4. The minimum Gasteiger partial charge on any atom is -0.306 e. The van der Waals surface area contributed by atoms with Gasteiger partial charge in [-0.2, -0.15) is 9.40 Å². The van der Waals surface area contributed by atoms with Gasteiger partial charge in [0.05, 0.1) is 21.2 Å². The number of nitrogens with zero attached hydrogens (tertiary/aromatic N) is 4. The Morgan fingerprint density at radius 1 is 1.03 bits per heavy atom. The first-order valence-electron chi connectivity index (χ1n) is 11.0. The summed E-state index contributed by atoms with van der Waals surface area (Å²) in [7, 11) is -3.69. The maximum atomic E-state index is 13.1. The summed E-state index contributed by atoms with van der Waals surface area (Å²) in [5.41, 5.74) is 1.31. The molecule has 10 nitrogen and oxygen atoms in total. The molecule has 1 amide bonds. The second-order valence-electron chi connectivity index (χ2n) is 8.16. The van der Waals surface area contributed by atoms with Gasteiger partial charge in [0.25, 0.3) is 11.6 Å². The van der Waals surface area contributed by atoms with Crippen LogP contribution < -0.4 is 5.32 Å². The highest BCUT2D eigenvalue weighted by molar-refractivity contribution is 7.89. The molecule has 34 heavy (non-hydrogen) atoms. The quantitative estimate of drug-likeness (QED) is 0.418. The number of non-ortho nitro benzene ring substituents is 1. The van der Waals surface area contributed by atoms with Crippen LogP contribution in [-0.2, 0) is 10.0 Å². The molecule has 0 atom stereocenters. The number of carbonyl (C=O) groups excluding carboxylic acids is 1. The highest BCUT2D eigenvalue weighted by atomic mass is 32.2. The van der Waals surface area contributed by atoms with E-state index in [1.807, 2.05) is 0 Å². The van der Waals surface area contributed by atoms with Crippen LogP contribution >= 0.6 is 0 Å². The zero-order chi connectivity index (χ0) is 24.3. The molecule has 0 bridgehead atoms. The number of hydrogen-bond donors (Lipinski definition) is 1. The Balaban J connectivity index is 1.58. The van der Waals surface area contributed by atoms with Crippen molar-refractivity contribution in [2.24, 2.45) is 0 Å². The number of rotatable bonds is 6. The molecular formula is C23H25N5O5S. The largest absolute Gasteiger partial charge is 0.306 e. The fourth-order valence-corrected chi connectivity index (χ4v) is 5.48. The second kappa shape index (κ2) is 9.74. The van der Waals surface area contributed by atoms with E-state index in [1.165, 1.54) is 45.4 Å². The Kier molecular flexibility index (Phi) is 6.75. The van der Waals surface area contributed by atoms with E-state index >= 15 is 0 Å². The molecule has 11 heteroatoms. The van der Waals surface area contributed by atoms with Crippen LogP contribution in [0.1, 0.15) is 41.7 Å². The van der Waals surface area contributed by atoms with Gasteiger partial charge in [-0.1, -0.05) is 18.9 Å². The Morgan fingerprint density at radius 2 is 1.71 bits per heavy atom. The monoisotopic (exact) mass is 483 g/mol. The lowest BCUT2D eigenvalue weighted by atomic mass is 10.2. The molecule has 1 saturated heterocycles. The topological polar surface area (TPSA) is 127 Å². The predicted octanol–water partition coefficient (Wildman–Crippen LogP) is 3.91. The molecular weight excluding hydrogens is 458 g/mol. The van der Waals surface area contributed by atoms with Crippen LogP contribution in [-0.4, -0.2) is 46.4 Å². The third-order valence-corrected chi connectivity index (χ3v) is 7.57. The van der Waals surface area contributed by atoms with Crippen LogP contribution in [0.5, 0.6) is 0 Å². The molecule has 0 radical (unpaired) electrons. The van der Waals surface area contributed by atoms with E-state index in [9.17, 15) is 23.3 Å². The molecule has 0 aliphatic carbocycles. The number of aromatic nitrogens is 2. The molecule has 1 N–H and O–H groups in total. The highest BCUT2D eigenvalue weighted by Crippen LogP contribution is 2.23. The molecule has 1 aliphatic rings. The van der Waals surface area contributed by atoms with Gasteiger partial charge in [0, 0.05) is 36.9 Å². The van der Waals surface area contributed by atoms with Crippen molar-refractivity contribution in [1.82, 2.24) is 14.1 Å². The Bertz CT molecular complexity index is 1310. The smallest absolute Gasteiger partial charge is 0.269 e. The van der Waals surface area contributed by atoms with Crippen molar-refractivity contribution < 1.29 is 18.1 Å². The molecule has 1 aromatic heterocycles. The Morgan fingerprint density at radius 3 is 2.35 bits per heavy atom. The Hall–Kier alpha value is -3.57. The number of aryl methyl sites for hydroxylation is 1. The van der Waals surface area contributed by atoms with Crippen LogP contribution in [0, 0.1) is 17.0 Å². The van der Waals surface area contributed by atoms with E-state index in [0.717, 1.165) is 25.7 Å². The molecule has 0 spiro atoms. The van der Waals surface area contributed by atoms with Gasteiger partial charge >= 0.3 is 0 Å². The predicted molar refractivity (Wildman–Crippen MR) is 127 cm³/mol. The van der Waals surface area contributed by atoms with Gasteiger partial charge in [-0.25, -0.2) is 13.1 Å². The first-order chi connectivity index (χ1) is 16.3. The number of amides is 1. The molecule has 178 valence electrons. The van der Waals surface area contributed by atoms with Gasteiger partial charge in [-0.05, 0) is 50.1 Å². The molecule has 2 heterocycles. The van der Waals surface area contributed by atoms with Crippen molar-refractivity contribution in [2.45, 2.75) is 37.5 Å². The minimum atomic E-state index is -3.69. The third kappa shape index (κ3) is 5.00. The van der Waals surface area contributed by atoms with Crippen LogP contribution in [0.3, 0.4) is 0 Å². The van der Waals surface area contributed by atoms with Crippen molar-refractivity contribution in [3.63, 3.8) is 0 Å². The summed E-state index contributed by atoms with van der Waals surface area (Å²) in [6, 6.07) is 13.4. The van der Waals surface area contributed by atoms with Gasteiger partial charge in [-0.15, -0.1) is 0 Å². The number of nitro groups is 1. The number of hydrogen-bond acceptors (Lipinski definition) is 6. The first kappa shape index (κ1) is 23.6. The molecule has 0 unspecified atom stereocenters. The fourth-order valence-electron chi connectivity index (χ4n) is 3.92. The highest BCUT2D eigenvalue weighted by Gasteiger charge is 2.26. The second-order valence-corrected chi connectivity index (χ2v) is 10.1. The summed E-state index contributed by atoms with van der Waals surface area (Å²) in [5, 5.41) is 18.0. The summed E-state index contributed by atoms with van der Waals surface area (Å²) in [4.78, 5) is 23.5. The van der Waals surface area contributed by atoms with E-state index in [1.54, 1.807) is 25.1 Å². The van der Waals surface area contributed by atoms with Gasteiger partial charge in [0.2, 0.25) is 10.0 Å². The summed E-state index contributed by atoms with van der Waals surface area (Å²) in [6.45, 7) is 2.71. The maximum Gasteiger partial charge on any atom is 0.269 e. The number of nitrogens with one attached hydrogen (secondary N) is 1. The lowest BCUT2D eigenvalue weighted by Crippen LogP contribution is -2.32. The number of nitro benzene ring substituents is 1. The number of carbonyl (C=O) groups is 1. The van der Waals surface area contributed by atoms with E-state index in [2.05, 4.69) is 10.4 Å². The summed E-state index contributed by atoms with van der Waals surface area (Å²) < 4.78 is 29.2. The lowest BCUT2D eigenvalue weighted by Gasteiger charge is -2.20. The average molecular weight is 484 g/mol. The van der Waals surface area contributed by atoms with Crippen LogP contribution in [0.15, 0.2) is 59.5 Å². The molecule has 1 fully saturated rings. The van der Waals surface area contributed by atoms with Crippen LogP contribution in [0.25, 0.3) is 5.69 Å². The van der Waals surface area contributed by atoms with Crippen molar-refractivity contribution >= 4 is 27.4 Å². The number of anilines is 1. The normalized spacial score (nSPS) is 15.0. The van der Waals surface area contributed by atoms with Gasteiger partial charge in [0.1, 0.15) is 5.82 Å². The molecule has 0 saturated carbocycles. The van der Waals surface area contributed by atoms with Gasteiger partial charge < -0.3 is 5.32 Å². The van der Waals surface area contributed by atoms with Crippen LogP contribution in [0.2, 0.25) is 0 Å². The zero-order valence-corrected chi connectivity index (χ0v) is 19.5. The maximum absolute atomic E-state index is 13.1. The summed E-state index contributed by atoms with van der Waals surface area (Å²) >= 11 is 0. The SMILES string of the molecule is Cc1cc(NC(=O)c2cccc(S(=O)(=O)N3CCCCCC3)c2)n(-c2ccc([N+](=O)[O-])cc2)n1. The molecule has 1 aliphatic heterocycles. The average Bonchev–Trinajstić information content (AvgIpc) is 3.01. The van der Waals surface area contributed by atoms with Gasteiger partial charge in [0.15, 0.2) is 0 Å². The summed E-state index contributed by atoms with van der Waals surface area (Å²) in [6.07, 6.45) is 3.67. The van der Waals surface area contributed by atoms with Crippen LogP contribution in [0.4, 0.5) is 11.5 Å². The standard InChI is InChI=1S/C23H25N5O5S/c1-17-15-22(27(25-17)19-9-11-20(12-10-19)28(30)31)24-23(29)18-7-6-8-21(16-18)34(32,33)26-13-4-2-3-5-14-26/h6-12,15-16H,2-5,13-14H2,1H3,(H,24,29). The van der Waals surface area contributed by atoms with Crippen molar-refractivity contribution in [3.05, 3.63) is 76.0 Å². The lowest BCUT2D eigenvalue weighted by molar-refractivity contribution is -0.384. The molecule has 4 rings (SSSR count). The van der Waals surface area contributed by atoms with Crippen molar-refractivity contribution in [2.75, 3.05) is 18.4 Å². The van der Waals surface area contributed by atoms with Crippen molar-refractivity contribution in [3.8, 4) is 5.69 Å². The zero-order valence-electron chi connectivity index (χ0n) is 18.7. The fraction of sp³-hybridized carbons (Fsp3) is 0.304. The number of sulfonamides is 1. The van der Waals surface area contributed by atoms with E-state index in [4.69, 9.17) is 0 Å². The molecule has 2 aromatic carbocycles. The number of benzene rings is 2. The van der Waals surface area contributed by atoms with Gasteiger partial charge in [-0.3, -0.25) is 14.9 Å². The summed E-state index contributed by atoms with van der Waals surface area (Å²) in [5.74, 6) is -0.131. The Labute approximate surface area is 197 Å². The molecule has 3 aromatic rings. The van der Waals surface area contributed by atoms with E-state index in [0.29, 0.717) is 30.3 Å². The van der Waals surface area contributed by atoms with Crippen molar-refractivity contribution in [1.29, 1.82) is 0 Å². The minimum absolute atomic E-state index is 0.0550. The van der Waals surface area contributed by atoms with E-state index in [-0.39, 0.29) is 16.1 Å². The van der Waals surface area contributed by atoms with E-state index < -0.39 is 20.9 Å².